The van der Waals surface area contributed by atoms with Crippen LogP contribution in [-0.4, -0.2) is 7.05 Å². The van der Waals surface area contributed by atoms with Crippen LogP contribution in [0.15, 0.2) is 66.9 Å². The summed E-state index contributed by atoms with van der Waals surface area (Å²) in [6.07, 6.45) is -3.06. The fourth-order valence-electron chi connectivity index (χ4n) is 3.87. The fraction of sp³-hybridized carbons (Fsp3) is 0.308. The van der Waals surface area contributed by atoms with Crippen molar-refractivity contribution in [2.24, 2.45) is 0 Å². The highest BCUT2D eigenvalue weighted by atomic mass is 32.1. The van der Waals surface area contributed by atoms with Gasteiger partial charge in [-0.2, -0.15) is 13.2 Å². The van der Waals surface area contributed by atoms with Gasteiger partial charge in [0.25, 0.3) is 0 Å². The summed E-state index contributed by atoms with van der Waals surface area (Å²) in [6.45, 7) is 8.24. The molecule has 0 fully saturated rings. The van der Waals surface area contributed by atoms with E-state index in [1.165, 1.54) is 34.0 Å². The van der Waals surface area contributed by atoms with Crippen molar-refractivity contribution in [3.8, 4) is 0 Å². The van der Waals surface area contributed by atoms with Crippen LogP contribution >= 0.6 is 11.3 Å². The van der Waals surface area contributed by atoms with Crippen molar-refractivity contribution in [2.45, 2.75) is 44.9 Å². The highest BCUT2D eigenvalue weighted by Gasteiger charge is 2.30. The summed E-state index contributed by atoms with van der Waals surface area (Å²) in [5.74, 6) is -0.309. The van der Waals surface area contributed by atoms with E-state index in [1.54, 1.807) is 30.5 Å². The minimum atomic E-state index is -4.34. The number of nitrogens with one attached hydrogen (secondary N) is 2. The third kappa shape index (κ3) is 6.45. The Hall–Kier alpha value is -2.64. The Balaban J connectivity index is 1.86. The summed E-state index contributed by atoms with van der Waals surface area (Å²) < 4.78 is 52.2. The highest BCUT2D eigenvalue weighted by molar-refractivity contribution is 7.12. The van der Waals surface area contributed by atoms with Gasteiger partial charge in [-0.15, -0.1) is 11.3 Å². The van der Waals surface area contributed by atoms with Crippen LogP contribution in [0.4, 0.5) is 17.6 Å². The van der Waals surface area contributed by atoms with Crippen LogP contribution in [0.3, 0.4) is 0 Å². The maximum absolute atomic E-state index is 13.5. The molecule has 0 bridgehead atoms. The van der Waals surface area contributed by atoms with Crippen LogP contribution in [0.2, 0.25) is 0 Å². The fourth-order valence-corrected chi connectivity index (χ4v) is 5.00. The quantitative estimate of drug-likeness (QED) is 0.318. The van der Waals surface area contributed by atoms with Gasteiger partial charge in [-0.3, -0.25) is 5.32 Å². The molecule has 0 amide bonds. The van der Waals surface area contributed by atoms with E-state index in [0.717, 1.165) is 34.5 Å². The Morgan fingerprint density at radius 1 is 1.03 bits per heavy atom. The van der Waals surface area contributed by atoms with Crippen LogP contribution in [0.1, 0.15) is 50.5 Å². The molecule has 3 aromatic rings. The Labute approximate surface area is 196 Å². The predicted molar refractivity (Wildman–Crippen MR) is 127 cm³/mol. The second-order valence-electron chi connectivity index (χ2n) is 8.12. The monoisotopic (exact) mass is 476 g/mol. The largest absolute Gasteiger partial charge is 0.416 e. The van der Waals surface area contributed by atoms with Crippen molar-refractivity contribution in [3.63, 3.8) is 0 Å². The van der Waals surface area contributed by atoms with Crippen molar-refractivity contribution < 1.29 is 17.6 Å². The Bertz CT molecular complexity index is 1070. The van der Waals surface area contributed by atoms with Crippen LogP contribution in [0.5, 0.6) is 0 Å². The van der Waals surface area contributed by atoms with Gasteiger partial charge in [-0.25, -0.2) is 4.39 Å². The van der Waals surface area contributed by atoms with Gasteiger partial charge in [-0.1, -0.05) is 30.8 Å². The maximum Gasteiger partial charge on any atom is 0.416 e. The number of alkyl halides is 3. The molecule has 7 heteroatoms. The summed E-state index contributed by atoms with van der Waals surface area (Å²) in [5, 5.41) is 6.76. The average Bonchev–Trinajstić information content (AvgIpc) is 3.11. The summed E-state index contributed by atoms with van der Waals surface area (Å²) in [7, 11) is 1.79. The number of benzene rings is 2. The molecule has 0 unspecified atom stereocenters. The average molecular weight is 477 g/mol. The Morgan fingerprint density at radius 3 is 2.18 bits per heavy atom. The summed E-state index contributed by atoms with van der Waals surface area (Å²) in [4.78, 5) is 2.37. The zero-order chi connectivity index (χ0) is 24.2. The smallest absolute Gasteiger partial charge is 0.390 e. The molecule has 0 aliphatic heterocycles. The molecular weight excluding hydrogens is 448 g/mol. The van der Waals surface area contributed by atoms with E-state index >= 15 is 0 Å². The number of rotatable bonds is 9. The van der Waals surface area contributed by atoms with Crippen LogP contribution in [-0.2, 0) is 12.6 Å². The highest BCUT2D eigenvalue weighted by Crippen LogP contribution is 2.34. The molecule has 0 aliphatic rings. The first-order chi connectivity index (χ1) is 15.6. The van der Waals surface area contributed by atoms with E-state index in [9.17, 15) is 17.6 Å². The number of aryl methyl sites for hydroxylation is 3. The zero-order valence-corrected chi connectivity index (χ0v) is 19.7. The topological polar surface area (TPSA) is 24.1 Å². The maximum atomic E-state index is 13.5. The van der Waals surface area contributed by atoms with E-state index in [0.29, 0.717) is 12.8 Å². The molecule has 33 heavy (non-hydrogen) atoms. The normalized spacial score (nSPS) is 13.5. The number of hydrogen-bond donors (Lipinski definition) is 2. The second-order valence-corrected chi connectivity index (χ2v) is 9.40. The molecule has 0 saturated carbocycles. The first kappa shape index (κ1) is 25.0. The first-order valence-corrected chi connectivity index (χ1v) is 11.5. The van der Waals surface area contributed by atoms with Crippen molar-refractivity contribution in [1.82, 2.24) is 10.6 Å². The molecule has 0 aliphatic carbocycles. The summed E-state index contributed by atoms with van der Waals surface area (Å²) in [6, 6.07) is 13.4. The predicted octanol–water partition coefficient (Wildman–Crippen LogP) is 7.26. The van der Waals surface area contributed by atoms with Gasteiger partial charge in [0.1, 0.15) is 5.82 Å². The van der Waals surface area contributed by atoms with Gasteiger partial charge in [0, 0.05) is 28.5 Å². The molecule has 0 spiro atoms. The van der Waals surface area contributed by atoms with Gasteiger partial charge in [-0.05, 0) is 73.7 Å². The summed E-state index contributed by atoms with van der Waals surface area (Å²) in [5.41, 5.74) is 2.97. The van der Waals surface area contributed by atoms with Gasteiger partial charge >= 0.3 is 6.18 Å². The van der Waals surface area contributed by atoms with Crippen molar-refractivity contribution in [2.75, 3.05) is 7.05 Å². The van der Waals surface area contributed by atoms with Gasteiger partial charge < -0.3 is 5.32 Å². The van der Waals surface area contributed by atoms with Gasteiger partial charge in [0.2, 0.25) is 0 Å². The number of likely N-dealkylation sites (N-methyl/N-ethyl adjacent to an activating group) is 1. The molecular formula is C26H28F4N2S. The molecule has 176 valence electrons. The minimum Gasteiger partial charge on any atom is -0.390 e. The van der Waals surface area contributed by atoms with Crippen LogP contribution in [0, 0.1) is 19.7 Å². The van der Waals surface area contributed by atoms with E-state index in [-0.39, 0.29) is 17.9 Å². The lowest BCUT2D eigenvalue weighted by molar-refractivity contribution is -0.137. The van der Waals surface area contributed by atoms with Gasteiger partial charge in [0.05, 0.1) is 11.6 Å². The SMILES string of the molecule is C=C(NC)[C@H](N[C@@H](CCc1ccc(C(F)(F)F)cc1)c1sc(C)cc1C)c1ccc(F)cc1. The third-order valence-corrected chi connectivity index (χ3v) is 6.91. The molecule has 1 aromatic heterocycles. The number of halogens is 4. The lowest BCUT2D eigenvalue weighted by Gasteiger charge is -2.28. The van der Waals surface area contributed by atoms with E-state index in [2.05, 4.69) is 37.1 Å². The number of hydrogen-bond acceptors (Lipinski definition) is 3. The lowest BCUT2D eigenvalue weighted by atomic mass is 9.98. The second kappa shape index (κ2) is 10.5. The first-order valence-electron chi connectivity index (χ1n) is 10.7. The molecule has 2 aromatic carbocycles. The van der Waals surface area contributed by atoms with Crippen molar-refractivity contribution in [1.29, 1.82) is 0 Å². The Kier molecular flexibility index (Phi) is 7.97. The molecule has 1 heterocycles. The lowest BCUT2D eigenvalue weighted by Crippen LogP contribution is -2.31. The molecule has 0 saturated heterocycles. The van der Waals surface area contributed by atoms with Crippen molar-refractivity contribution in [3.05, 3.63) is 105 Å². The molecule has 0 radical (unpaired) electrons. The Morgan fingerprint density at radius 2 is 1.67 bits per heavy atom. The summed E-state index contributed by atoms with van der Waals surface area (Å²) >= 11 is 1.70. The van der Waals surface area contributed by atoms with Crippen LogP contribution < -0.4 is 10.6 Å². The standard InChI is InChI=1S/C26H28F4N2S/c1-16-15-17(2)33-25(16)23(14-7-19-5-10-21(11-6-19)26(28,29)30)32-24(18(3)31-4)20-8-12-22(27)13-9-20/h5-6,8-13,15,23-24,31-32H,3,7,14H2,1-2,4H3/t23-,24-/m0/s1. The molecule has 2 N–H and O–H groups in total. The number of thiophene rings is 1. The van der Waals surface area contributed by atoms with E-state index in [1.807, 2.05) is 0 Å². The zero-order valence-electron chi connectivity index (χ0n) is 18.9. The third-order valence-electron chi connectivity index (χ3n) is 5.64. The molecule has 3 rings (SSSR count). The van der Waals surface area contributed by atoms with Crippen LogP contribution in [0.25, 0.3) is 0 Å². The molecule has 2 atom stereocenters. The minimum absolute atomic E-state index is 0.0638. The van der Waals surface area contributed by atoms with E-state index < -0.39 is 11.7 Å². The van der Waals surface area contributed by atoms with E-state index in [4.69, 9.17) is 0 Å². The molecule has 2 nitrogen and oxygen atoms in total. The van der Waals surface area contributed by atoms with Crippen molar-refractivity contribution >= 4 is 11.3 Å². The van der Waals surface area contributed by atoms with Gasteiger partial charge in [0.15, 0.2) is 0 Å².